The van der Waals surface area contributed by atoms with Gasteiger partial charge in [0.15, 0.2) is 0 Å². The van der Waals surface area contributed by atoms with Crippen LogP contribution in [0.4, 0.5) is 20.2 Å². The molecule has 1 N–H and O–H groups in total. The van der Waals surface area contributed by atoms with Gasteiger partial charge in [-0.05, 0) is 30.3 Å². The number of nitrogens with one attached hydrogen (secondary N) is 1. The molecule has 1 fully saturated rings. The quantitative estimate of drug-likeness (QED) is 0.783. The number of methoxy groups -OCH3 is 1. The minimum Gasteiger partial charge on any atom is -0.495 e. The highest BCUT2D eigenvalue weighted by molar-refractivity contribution is 6.32. The molecule has 1 saturated heterocycles. The summed E-state index contributed by atoms with van der Waals surface area (Å²) >= 11 is 5.89. The topological polar surface area (TPSA) is 67.9 Å². The molecule has 1 aliphatic rings. The fourth-order valence-corrected chi connectivity index (χ4v) is 3.21. The highest BCUT2D eigenvalue weighted by Gasteiger charge is 2.36. The van der Waals surface area contributed by atoms with Gasteiger partial charge in [-0.1, -0.05) is 23.7 Å². The predicted octanol–water partition coefficient (Wildman–Crippen LogP) is 3.94. The number of anilines is 2. The molecule has 0 bridgehead atoms. The van der Waals surface area contributed by atoms with Crippen LogP contribution in [0.3, 0.4) is 0 Å². The lowest BCUT2D eigenvalue weighted by Crippen LogP contribution is -2.28. The van der Waals surface area contributed by atoms with Crippen molar-refractivity contribution >= 4 is 34.8 Å². The summed E-state index contributed by atoms with van der Waals surface area (Å²) in [4.78, 5) is 26.5. The third-order valence-corrected chi connectivity index (χ3v) is 4.58. The number of alkyl halides is 2. The molecule has 3 rings (SSSR count). The van der Waals surface area contributed by atoms with Crippen molar-refractivity contribution in [2.75, 3.05) is 23.9 Å². The molecule has 1 atom stereocenters. The highest BCUT2D eigenvalue weighted by atomic mass is 35.5. The molecule has 1 unspecified atom stereocenters. The molecule has 0 aliphatic carbocycles. The van der Waals surface area contributed by atoms with E-state index in [2.05, 4.69) is 10.1 Å². The Morgan fingerprint density at radius 1 is 1.25 bits per heavy atom. The summed E-state index contributed by atoms with van der Waals surface area (Å²) in [5, 5.41) is 2.59. The summed E-state index contributed by atoms with van der Waals surface area (Å²) < 4.78 is 34.1. The van der Waals surface area contributed by atoms with E-state index in [9.17, 15) is 18.4 Å². The first-order valence-electron chi connectivity index (χ1n) is 8.37. The monoisotopic (exact) mass is 410 g/mol. The average Bonchev–Trinajstić information content (AvgIpc) is 3.05. The van der Waals surface area contributed by atoms with E-state index >= 15 is 0 Å². The lowest BCUT2D eigenvalue weighted by Gasteiger charge is -2.19. The molecule has 0 spiro atoms. The Labute approximate surface area is 165 Å². The minimum absolute atomic E-state index is 0.0458. The van der Waals surface area contributed by atoms with Crippen LogP contribution in [0.2, 0.25) is 5.02 Å². The lowest BCUT2D eigenvalue weighted by atomic mass is 10.1. The van der Waals surface area contributed by atoms with E-state index in [0.29, 0.717) is 17.1 Å². The first-order chi connectivity index (χ1) is 13.4. The van der Waals surface area contributed by atoms with E-state index in [-0.39, 0.29) is 35.6 Å². The Bertz CT molecular complexity index is 894. The third-order valence-electron chi connectivity index (χ3n) is 4.29. The second-order valence-electron chi connectivity index (χ2n) is 6.09. The first-order valence-corrected chi connectivity index (χ1v) is 8.75. The van der Waals surface area contributed by atoms with Gasteiger partial charge in [0.2, 0.25) is 11.8 Å². The summed E-state index contributed by atoms with van der Waals surface area (Å²) in [5.41, 5.74) is 0.918. The van der Waals surface area contributed by atoms with Crippen molar-refractivity contribution in [3.63, 3.8) is 0 Å². The summed E-state index contributed by atoms with van der Waals surface area (Å²) in [6.45, 7) is -2.80. The number of ether oxygens (including phenoxy) is 2. The number of nitrogens with zero attached hydrogens (tertiary/aromatic N) is 1. The molecule has 2 aromatic carbocycles. The van der Waals surface area contributed by atoms with Crippen LogP contribution in [0.15, 0.2) is 42.5 Å². The molecule has 0 saturated carbocycles. The van der Waals surface area contributed by atoms with Gasteiger partial charge in [-0.15, -0.1) is 0 Å². The number of halogens is 3. The van der Waals surface area contributed by atoms with Gasteiger partial charge in [0.25, 0.3) is 0 Å². The van der Waals surface area contributed by atoms with Crippen LogP contribution >= 0.6 is 11.6 Å². The maximum absolute atomic E-state index is 12.6. The van der Waals surface area contributed by atoms with Crippen LogP contribution in [0.25, 0.3) is 0 Å². The van der Waals surface area contributed by atoms with E-state index < -0.39 is 12.5 Å². The highest BCUT2D eigenvalue weighted by Crippen LogP contribution is 2.34. The second-order valence-corrected chi connectivity index (χ2v) is 6.50. The summed E-state index contributed by atoms with van der Waals surface area (Å²) in [7, 11) is 1.51. The van der Waals surface area contributed by atoms with Gasteiger partial charge in [0, 0.05) is 18.7 Å². The Morgan fingerprint density at radius 2 is 2.00 bits per heavy atom. The van der Waals surface area contributed by atoms with Gasteiger partial charge in [0.05, 0.1) is 23.7 Å². The van der Waals surface area contributed by atoms with Crippen molar-refractivity contribution in [1.29, 1.82) is 0 Å². The molecule has 2 aromatic rings. The fourth-order valence-electron chi connectivity index (χ4n) is 2.98. The molecule has 9 heteroatoms. The molecule has 1 aliphatic heterocycles. The molecule has 28 heavy (non-hydrogen) atoms. The van der Waals surface area contributed by atoms with E-state index in [1.165, 1.54) is 30.2 Å². The lowest BCUT2D eigenvalue weighted by molar-refractivity contribution is -0.122. The van der Waals surface area contributed by atoms with E-state index in [0.717, 1.165) is 0 Å². The summed E-state index contributed by atoms with van der Waals surface area (Å²) in [5.74, 6) is -0.785. The molecule has 6 nitrogen and oxygen atoms in total. The van der Waals surface area contributed by atoms with Gasteiger partial charge < -0.3 is 19.7 Å². The van der Waals surface area contributed by atoms with Crippen LogP contribution in [0.1, 0.15) is 6.42 Å². The van der Waals surface area contributed by atoms with Crippen LogP contribution in [0, 0.1) is 5.92 Å². The Balaban J connectivity index is 1.69. The standard InChI is InChI=1S/C19H17ClF2N2O4/c1-27-16-5-3-2-4-14(16)24-10-11(8-17(24)25)18(26)23-12-6-7-15(13(20)9-12)28-19(21)22/h2-7,9,11,19H,8,10H2,1H3,(H,23,26). The summed E-state index contributed by atoms with van der Waals surface area (Å²) in [6, 6.07) is 11.0. The largest absolute Gasteiger partial charge is 0.495 e. The Kier molecular flexibility index (Phi) is 5.99. The zero-order valence-electron chi connectivity index (χ0n) is 14.8. The molecule has 0 radical (unpaired) electrons. The zero-order chi connectivity index (χ0) is 20.3. The van der Waals surface area contributed by atoms with Crippen molar-refractivity contribution in [3.05, 3.63) is 47.5 Å². The van der Waals surface area contributed by atoms with Crippen LogP contribution in [-0.4, -0.2) is 32.1 Å². The predicted molar refractivity (Wildman–Crippen MR) is 100 cm³/mol. The van der Waals surface area contributed by atoms with Gasteiger partial charge >= 0.3 is 6.61 Å². The van der Waals surface area contributed by atoms with Crippen molar-refractivity contribution in [2.45, 2.75) is 13.0 Å². The number of rotatable bonds is 6. The maximum Gasteiger partial charge on any atom is 0.387 e. The van der Waals surface area contributed by atoms with Gasteiger partial charge in [-0.25, -0.2) is 0 Å². The number of amides is 2. The smallest absolute Gasteiger partial charge is 0.387 e. The van der Waals surface area contributed by atoms with Crippen LogP contribution in [0.5, 0.6) is 11.5 Å². The molecular formula is C19H17ClF2N2O4. The van der Waals surface area contributed by atoms with Crippen molar-refractivity contribution < 1.29 is 27.8 Å². The minimum atomic E-state index is -3.00. The number of benzene rings is 2. The van der Waals surface area contributed by atoms with Crippen molar-refractivity contribution in [3.8, 4) is 11.5 Å². The number of para-hydroxylation sites is 2. The SMILES string of the molecule is COc1ccccc1N1CC(C(=O)Nc2ccc(OC(F)F)c(Cl)c2)CC1=O. The van der Waals surface area contributed by atoms with Crippen molar-refractivity contribution in [1.82, 2.24) is 0 Å². The Hall–Kier alpha value is -2.87. The van der Waals surface area contributed by atoms with Gasteiger partial charge in [-0.2, -0.15) is 8.78 Å². The van der Waals surface area contributed by atoms with E-state index in [1.54, 1.807) is 24.3 Å². The zero-order valence-corrected chi connectivity index (χ0v) is 15.6. The van der Waals surface area contributed by atoms with Crippen LogP contribution in [-0.2, 0) is 9.59 Å². The number of hydrogen-bond donors (Lipinski definition) is 1. The molecule has 148 valence electrons. The number of hydrogen-bond acceptors (Lipinski definition) is 4. The molecule has 1 heterocycles. The third kappa shape index (κ3) is 4.33. The molecule has 0 aromatic heterocycles. The Morgan fingerprint density at radius 3 is 2.68 bits per heavy atom. The number of carbonyl (C=O) groups excluding carboxylic acids is 2. The fraction of sp³-hybridized carbons (Fsp3) is 0.263. The normalized spacial score (nSPS) is 16.4. The summed E-state index contributed by atoms with van der Waals surface area (Å²) in [6.07, 6.45) is 0.0458. The molecular weight excluding hydrogens is 394 g/mol. The van der Waals surface area contributed by atoms with Crippen LogP contribution < -0.4 is 19.7 Å². The van der Waals surface area contributed by atoms with E-state index in [4.69, 9.17) is 16.3 Å². The van der Waals surface area contributed by atoms with E-state index in [1.807, 2.05) is 0 Å². The van der Waals surface area contributed by atoms with Crippen molar-refractivity contribution in [2.24, 2.45) is 5.92 Å². The van der Waals surface area contributed by atoms with Gasteiger partial charge in [0.1, 0.15) is 11.5 Å². The first kappa shape index (κ1) is 19.9. The maximum atomic E-state index is 12.6. The number of carbonyl (C=O) groups is 2. The second kappa shape index (κ2) is 8.43. The molecule has 2 amide bonds. The van der Waals surface area contributed by atoms with Gasteiger partial charge in [-0.3, -0.25) is 9.59 Å². The average molecular weight is 411 g/mol.